The number of carbonyl (C=O) groups excluding carboxylic acids is 1. The Bertz CT molecular complexity index is 1070. The summed E-state index contributed by atoms with van der Waals surface area (Å²) in [5, 5.41) is 5.27. The van der Waals surface area contributed by atoms with Gasteiger partial charge in [0, 0.05) is 24.7 Å². The normalized spacial score (nSPS) is 15.6. The number of alkyl halides is 1. The van der Waals surface area contributed by atoms with Crippen LogP contribution >= 0.6 is 23.4 Å². The molecule has 2 atom stereocenters. The van der Waals surface area contributed by atoms with Gasteiger partial charge in [0.25, 0.3) is 0 Å². The molecule has 1 aliphatic carbocycles. The Morgan fingerprint density at radius 3 is 2.56 bits per heavy atom. The molecule has 176 valence electrons. The van der Waals surface area contributed by atoms with E-state index in [0.29, 0.717) is 21.5 Å². The average molecular weight is 526 g/mol. The fraction of sp³-hybridized carbons (Fsp3) is 0.438. The van der Waals surface area contributed by atoms with Gasteiger partial charge in [0.2, 0.25) is 22.2 Å². The number of thioether (sulfide) groups is 1. The molecule has 12 nitrogen and oxygen atoms in total. The Balaban J connectivity index is 1.72. The van der Waals surface area contributed by atoms with E-state index in [2.05, 4.69) is 5.10 Å². The summed E-state index contributed by atoms with van der Waals surface area (Å²) in [6.07, 6.45) is 1.63. The van der Waals surface area contributed by atoms with Crippen molar-refractivity contribution in [3.63, 3.8) is 0 Å². The van der Waals surface area contributed by atoms with Crippen molar-refractivity contribution in [2.24, 2.45) is 0 Å². The highest BCUT2D eigenvalue weighted by atomic mass is 35.5. The Labute approximate surface area is 197 Å². The van der Waals surface area contributed by atoms with E-state index in [4.69, 9.17) is 25.0 Å². The van der Waals surface area contributed by atoms with Gasteiger partial charge < -0.3 is 0 Å². The average Bonchev–Trinajstić information content (AvgIpc) is 3.58. The van der Waals surface area contributed by atoms with Gasteiger partial charge in [0.05, 0.1) is 16.9 Å². The number of nitrogens with zero attached hydrogens (tertiary/aromatic N) is 4. The second-order valence-corrected chi connectivity index (χ2v) is 9.79. The van der Waals surface area contributed by atoms with E-state index in [9.17, 15) is 18.0 Å². The van der Waals surface area contributed by atoms with Crippen LogP contribution in [0.15, 0.2) is 44.0 Å². The van der Waals surface area contributed by atoms with Crippen molar-refractivity contribution in [1.29, 1.82) is 0 Å². The second kappa shape index (κ2) is 11.5. The van der Waals surface area contributed by atoms with E-state index in [0.717, 1.165) is 18.1 Å². The first-order valence-electron chi connectivity index (χ1n) is 9.14. The Kier molecular flexibility index (Phi) is 9.01. The van der Waals surface area contributed by atoms with Crippen LogP contribution in [0.5, 0.6) is 0 Å². The minimum absolute atomic E-state index is 0.00940. The molecule has 1 heterocycles. The van der Waals surface area contributed by atoms with Gasteiger partial charge in [-0.2, -0.15) is 14.0 Å². The molecule has 0 saturated heterocycles. The number of aromatic nitrogens is 3. The van der Waals surface area contributed by atoms with Crippen molar-refractivity contribution < 1.29 is 26.6 Å². The van der Waals surface area contributed by atoms with Gasteiger partial charge in [-0.3, -0.25) is 9.40 Å². The third kappa shape index (κ3) is 6.05. The van der Waals surface area contributed by atoms with Crippen LogP contribution in [0.4, 0.5) is 4.79 Å². The largest absolute Gasteiger partial charge is 0.371 e. The molecule has 2 unspecified atom stereocenters. The summed E-state index contributed by atoms with van der Waals surface area (Å²) in [6, 6.07) is 4.88. The molecular weight excluding hydrogens is 506 g/mol. The monoisotopic (exact) mass is 525 g/mol. The summed E-state index contributed by atoms with van der Waals surface area (Å²) in [6.45, 7) is 0. The lowest BCUT2D eigenvalue weighted by Crippen LogP contribution is -2.38. The first-order chi connectivity index (χ1) is 15.4. The zero-order valence-corrected chi connectivity index (χ0v) is 20.2. The minimum Gasteiger partial charge on any atom is -0.277 e. The molecule has 16 heteroatoms. The van der Waals surface area contributed by atoms with Crippen LogP contribution in [-0.4, -0.2) is 59.8 Å². The van der Waals surface area contributed by atoms with E-state index in [1.165, 1.54) is 42.6 Å². The maximum Gasteiger partial charge on any atom is 0.371 e. The Hall–Kier alpha value is -1.59. The zero-order chi connectivity index (χ0) is 23.3. The van der Waals surface area contributed by atoms with Crippen LogP contribution in [-0.2, 0) is 35.6 Å². The minimum atomic E-state index is -2.27. The molecule has 0 spiro atoms. The molecule has 32 heavy (non-hydrogen) atoms. The van der Waals surface area contributed by atoms with Crippen LogP contribution < -0.4 is 11.2 Å². The number of halogens is 1. The summed E-state index contributed by atoms with van der Waals surface area (Å²) in [5.41, 5.74) is 1.32. The number of nitrogens with one attached hydrogen (secondary N) is 1. The molecule has 0 radical (unpaired) electrons. The Morgan fingerprint density at radius 2 is 1.97 bits per heavy atom. The fourth-order valence-electron chi connectivity index (χ4n) is 2.42. The molecule has 1 saturated carbocycles. The summed E-state index contributed by atoms with van der Waals surface area (Å²) in [7, 11) is 2.69. The van der Waals surface area contributed by atoms with Gasteiger partial charge in [0.15, 0.2) is 5.16 Å². The molecule has 1 amide bonds. The zero-order valence-electron chi connectivity index (χ0n) is 17.0. The highest BCUT2D eigenvalue weighted by Gasteiger charge is 2.31. The van der Waals surface area contributed by atoms with Gasteiger partial charge in [-0.25, -0.2) is 18.0 Å². The molecule has 1 aromatic heterocycles. The quantitative estimate of drug-likeness (QED) is 0.260. The highest BCUT2D eigenvalue weighted by Crippen LogP contribution is 2.36. The second-order valence-electron chi connectivity index (χ2n) is 6.22. The number of hydrogen-bond acceptors (Lipinski definition) is 10. The highest BCUT2D eigenvalue weighted by molar-refractivity contribution is 7.99. The topological polar surface area (TPSA) is 134 Å². The third-order valence-electron chi connectivity index (χ3n) is 4.03. The molecule has 1 aliphatic rings. The Morgan fingerprint density at radius 1 is 1.31 bits per heavy atom. The first kappa shape index (κ1) is 25.0. The summed E-state index contributed by atoms with van der Waals surface area (Å²) in [4.78, 5) is 29.9. The van der Waals surface area contributed by atoms with Crippen molar-refractivity contribution in [1.82, 2.24) is 25.1 Å². The van der Waals surface area contributed by atoms with E-state index < -0.39 is 33.9 Å². The predicted octanol–water partition coefficient (Wildman–Crippen LogP) is 1.37. The third-order valence-corrected chi connectivity index (χ3v) is 7.53. The standard InChI is InChI=1S/C16H20ClN5O7S3/c1-20(27-2)29-32(26)13-6-4-3-5-12(13)31(25)28-19-14(23)22-16(24)21(11-7-8-11)15(18-22)30-10-9-17/h3-6,11H,7-10H2,1-2H3,(H,19,23). The van der Waals surface area contributed by atoms with Gasteiger partial charge >= 0.3 is 11.7 Å². The lowest BCUT2D eigenvalue weighted by Gasteiger charge is -2.13. The van der Waals surface area contributed by atoms with Gasteiger partial charge in [-0.1, -0.05) is 29.1 Å². The maximum atomic E-state index is 12.6. The number of hydroxylamine groups is 3. The predicted molar refractivity (Wildman–Crippen MR) is 116 cm³/mol. The number of hydrogen-bond donors (Lipinski definition) is 1. The van der Waals surface area contributed by atoms with Crippen molar-refractivity contribution in [3.05, 3.63) is 34.7 Å². The van der Waals surface area contributed by atoms with E-state index in [-0.39, 0.29) is 15.8 Å². The lowest BCUT2D eigenvalue weighted by molar-refractivity contribution is -0.278. The van der Waals surface area contributed by atoms with Crippen molar-refractivity contribution in [2.45, 2.75) is 33.8 Å². The summed E-state index contributed by atoms with van der Waals surface area (Å²) >= 11 is 2.62. The lowest BCUT2D eigenvalue weighted by atomic mass is 10.4. The van der Waals surface area contributed by atoms with Crippen LogP contribution in [0, 0.1) is 0 Å². The number of benzene rings is 1. The number of rotatable bonds is 11. The molecule has 1 fully saturated rings. The first-order valence-corrected chi connectivity index (χ1v) is 12.8. The molecule has 0 aliphatic heterocycles. The summed E-state index contributed by atoms with van der Waals surface area (Å²) in [5.74, 6) is 0.871. The van der Waals surface area contributed by atoms with Gasteiger partial charge in [-0.05, 0) is 25.0 Å². The van der Waals surface area contributed by atoms with Gasteiger partial charge in [-0.15, -0.1) is 21.4 Å². The SMILES string of the molecule is CON(C)OS(=O)c1ccccc1S(=O)ONC(=O)n1nc(SCCCl)n(C2CC2)c1=O. The molecule has 0 bridgehead atoms. The molecular formula is C16H20ClN5O7S3. The number of amides is 1. The van der Waals surface area contributed by atoms with Crippen LogP contribution in [0.3, 0.4) is 0 Å². The van der Waals surface area contributed by atoms with E-state index >= 15 is 0 Å². The van der Waals surface area contributed by atoms with Crippen LogP contribution in [0.2, 0.25) is 0 Å². The van der Waals surface area contributed by atoms with Gasteiger partial charge in [0.1, 0.15) is 0 Å². The smallest absolute Gasteiger partial charge is 0.277 e. The van der Waals surface area contributed by atoms with E-state index in [1.54, 1.807) is 12.1 Å². The maximum absolute atomic E-state index is 12.6. The van der Waals surface area contributed by atoms with E-state index in [1.807, 2.05) is 5.48 Å². The molecule has 1 N–H and O–H groups in total. The fourth-order valence-corrected chi connectivity index (χ4v) is 5.24. The van der Waals surface area contributed by atoms with Crippen molar-refractivity contribution in [2.75, 3.05) is 25.8 Å². The van der Waals surface area contributed by atoms with Crippen molar-refractivity contribution in [3.8, 4) is 0 Å². The van der Waals surface area contributed by atoms with Crippen LogP contribution in [0.1, 0.15) is 18.9 Å². The molecule has 2 aromatic rings. The molecule has 1 aromatic carbocycles. The molecule has 3 rings (SSSR count). The van der Waals surface area contributed by atoms with Crippen LogP contribution in [0.25, 0.3) is 0 Å². The summed E-state index contributed by atoms with van der Waals surface area (Å²) < 4.78 is 36.9. The van der Waals surface area contributed by atoms with Crippen molar-refractivity contribution >= 4 is 51.6 Å². The number of carbonyl (C=O) groups is 1.